The Bertz CT molecular complexity index is 624. The van der Waals surface area contributed by atoms with E-state index in [1.807, 2.05) is 7.05 Å². The Balaban J connectivity index is 0.00000280. The molecule has 2 saturated carbocycles. The van der Waals surface area contributed by atoms with Gasteiger partial charge in [-0.05, 0) is 57.1 Å². The van der Waals surface area contributed by atoms with Crippen LogP contribution in [0.2, 0.25) is 0 Å². The van der Waals surface area contributed by atoms with Gasteiger partial charge in [-0.1, -0.05) is 0 Å². The Morgan fingerprint density at radius 3 is 2.11 bits per heavy atom. The molecule has 0 amide bonds. The van der Waals surface area contributed by atoms with E-state index in [9.17, 15) is 10.1 Å². The Labute approximate surface area is 173 Å². The van der Waals surface area contributed by atoms with Crippen LogP contribution in [-0.4, -0.2) is 35.6 Å². The number of pyridine rings is 1. The summed E-state index contributed by atoms with van der Waals surface area (Å²) in [5.74, 6) is 0. The maximum atomic E-state index is 10.8. The molecule has 2 fully saturated rings. The normalized spacial score (nSPS) is 28.0. The van der Waals surface area contributed by atoms with E-state index < -0.39 is 0 Å². The first-order valence-electron chi connectivity index (χ1n) is 10.3. The number of nitrogens with zero attached hydrogens (tertiary/aromatic N) is 4. The second kappa shape index (κ2) is 11.4. The molecule has 28 heavy (non-hydrogen) atoms. The number of halogens is 1. The summed E-state index contributed by atoms with van der Waals surface area (Å²) in [4.78, 5) is 10.7. The fraction of sp³-hybridized carbons (Fsp3) is 0.750. The van der Waals surface area contributed by atoms with Gasteiger partial charge in [0.25, 0.3) is 0 Å². The lowest BCUT2D eigenvalue weighted by atomic mass is 9.91. The summed E-state index contributed by atoms with van der Waals surface area (Å²) in [7, 11) is 2.04. The van der Waals surface area contributed by atoms with E-state index in [0.29, 0.717) is 24.9 Å². The minimum atomic E-state index is -0.364. The molecule has 2 aliphatic rings. The summed E-state index contributed by atoms with van der Waals surface area (Å²) in [6.45, 7) is 1.02. The first kappa shape index (κ1) is 22.7. The summed E-state index contributed by atoms with van der Waals surface area (Å²) >= 11 is 0. The number of nitro groups is 1. The van der Waals surface area contributed by atoms with Crippen molar-refractivity contribution in [2.45, 2.75) is 82.0 Å². The Morgan fingerprint density at radius 2 is 1.57 bits per heavy atom. The average molecular weight is 410 g/mol. The summed E-state index contributed by atoms with van der Waals surface area (Å²) in [6, 6.07) is 5.12. The summed E-state index contributed by atoms with van der Waals surface area (Å²) in [5, 5.41) is 23.6. The topological polar surface area (TPSA) is 83.8 Å². The van der Waals surface area contributed by atoms with Gasteiger partial charge in [0.05, 0.1) is 12.1 Å². The molecule has 7 nitrogen and oxygen atoms in total. The minimum Gasteiger partial charge on any atom is -1.00 e. The molecule has 156 valence electrons. The summed E-state index contributed by atoms with van der Waals surface area (Å²) < 4.78 is 2.06. The van der Waals surface area contributed by atoms with Crippen LogP contribution < -0.4 is 22.3 Å². The highest BCUT2D eigenvalue weighted by atomic mass is 35.5. The van der Waals surface area contributed by atoms with Gasteiger partial charge in [0.1, 0.15) is 7.05 Å². The van der Waals surface area contributed by atoms with Gasteiger partial charge in [-0.2, -0.15) is 10.2 Å². The molecular formula is C20H32ClN5O2. The molecular weight excluding hydrogens is 378 g/mol. The van der Waals surface area contributed by atoms with E-state index in [4.69, 9.17) is 0 Å². The molecule has 0 spiro atoms. The lowest BCUT2D eigenvalue weighted by Gasteiger charge is -2.27. The van der Waals surface area contributed by atoms with Gasteiger partial charge in [0.2, 0.25) is 6.04 Å². The average Bonchev–Trinajstić information content (AvgIpc) is 2.69. The molecule has 3 rings (SSSR count). The van der Waals surface area contributed by atoms with Crippen LogP contribution in [0.1, 0.15) is 56.9 Å². The van der Waals surface area contributed by atoms with Crippen molar-refractivity contribution >= 4 is 0 Å². The van der Waals surface area contributed by atoms with Crippen molar-refractivity contribution in [1.29, 1.82) is 0 Å². The van der Waals surface area contributed by atoms with E-state index in [-0.39, 0.29) is 29.4 Å². The van der Waals surface area contributed by atoms with Crippen LogP contribution in [0.5, 0.6) is 0 Å². The van der Waals surface area contributed by atoms with E-state index in [0.717, 1.165) is 51.5 Å². The molecule has 8 heteroatoms. The fourth-order valence-corrected chi connectivity index (χ4v) is 4.09. The third-order valence-electron chi connectivity index (χ3n) is 5.95. The molecule has 0 bridgehead atoms. The van der Waals surface area contributed by atoms with Crippen LogP contribution >= 0.6 is 0 Å². The Morgan fingerprint density at radius 1 is 1.04 bits per heavy atom. The van der Waals surface area contributed by atoms with Crippen molar-refractivity contribution in [2.75, 3.05) is 6.54 Å². The zero-order valence-electron chi connectivity index (χ0n) is 16.7. The van der Waals surface area contributed by atoms with Crippen molar-refractivity contribution in [3.63, 3.8) is 0 Å². The molecule has 1 aromatic heterocycles. The maximum Gasteiger partial charge on any atom is 0.213 e. The first-order valence-corrected chi connectivity index (χ1v) is 10.3. The number of aromatic nitrogens is 1. The van der Waals surface area contributed by atoms with Gasteiger partial charge in [-0.3, -0.25) is 10.1 Å². The molecule has 0 radical (unpaired) electrons. The Hall–Kier alpha value is -1.60. The number of hydrogen-bond acceptors (Lipinski definition) is 5. The third-order valence-corrected chi connectivity index (χ3v) is 5.95. The third kappa shape index (κ3) is 7.09. The molecule has 0 unspecified atom stereocenters. The van der Waals surface area contributed by atoms with Crippen LogP contribution in [0.4, 0.5) is 0 Å². The van der Waals surface area contributed by atoms with Gasteiger partial charge in [-0.15, -0.1) is 0 Å². The van der Waals surface area contributed by atoms with Crippen molar-refractivity contribution in [3.8, 4) is 0 Å². The number of azo groups is 1. The molecule has 1 N–H and O–H groups in total. The molecule has 2 aliphatic carbocycles. The van der Waals surface area contributed by atoms with Crippen molar-refractivity contribution in [1.82, 2.24) is 5.32 Å². The van der Waals surface area contributed by atoms with Gasteiger partial charge in [0.15, 0.2) is 12.4 Å². The lowest BCUT2D eigenvalue weighted by Crippen LogP contribution is -3.00. The second-order valence-electron chi connectivity index (χ2n) is 8.06. The fourth-order valence-electron chi connectivity index (χ4n) is 4.09. The van der Waals surface area contributed by atoms with Gasteiger partial charge < -0.3 is 17.7 Å². The molecule has 1 aromatic rings. The van der Waals surface area contributed by atoms with Crippen LogP contribution in [0.15, 0.2) is 34.8 Å². The lowest BCUT2D eigenvalue weighted by molar-refractivity contribution is -0.671. The number of aryl methyl sites for hydroxylation is 1. The molecule has 0 aromatic carbocycles. The van der Waals surface area contributed by atoms with Gasteiger partial charge in [0, 0.05) is 35.9 Å². The van der Waals surface area contributed by atoms with Crippen molar-refractivity contribution in [3.05, 3.63) is 40.2 Å². The Kier molecular flexibility index (Phi) is 9.25. The highest BCUT2D eigenvalue weighted by molar-refractivity contribution is 5.07. The van der Waals surface area contributed by atoms with Gasteiger partial charge >= 0.3 is 0 Å². The molecule has 1 heterocycles. The number of hydrogen-bond donors (Lipinski definition) is 1. The van der Waals surface area contributed by atoms with Crippen molar-refractivity contribution < 1.29 is 21.9 Å². The minimum absolute atomic E-state index is 0. The monoisotopic (exact) mass is 409 g/mol. The van der Waals surface area contributed by atoms with Crippen LogP contribution in [0.3, 0.4) is 0 Å². The second-order valence-corrected chi connectivity index (χ2v) is 8.06. The highest BCUT2D eigenvalue weighted by Crippen LogP contribution is 2.26. The predicted octanol–water partition coefficient (Wildman–Crippen LogP) is -0.00150. The zero-order valence-corrected chi connectivity index (χ0v) is 17.4. The first-order chi connectivity index (χ1) is 13.1. The van der Waals surface area contributed by atoms with Gasteiger partial charge in [-0.25, -0.2) is 4.57 Å². The van der Waals surface area contributed by atoms with Crippen molar-refractivity contribution in [2.24, 2.45) is 17.3 Å². The number of rotatable bonds is 7. The zero-order chi connectivity index (χ0) is 19.1. The van der Waals surface area contributed by atoms with Crippen LogP contribution in [-0.2, 0) is 13.5 Å². The molecule has 0 aliphatic heterocycles. The predicted molar refractivity (Wildman–Crippen MR) is 103 cm³/mol. The smallest absolute Gasteiger partial charge is 0.213 e. The van der Waals surface area contributed by atoms with E-state index in [1.54, 1.807) is 0 Å². The number of nitrogens with one attached hydrogen (secondary N) is 1. The molecule has 0 saturated heterocycles. The van der Waals surface area contributed by atoms with E-state index in [1.165, 1.54) is 5.56 Å². The van der Waals surface area contributed by atoms with Crippen LogP contribution in [0, 0.1) is 10.1 Å². The quantitative estimate of drug-likeness (QED) is 0.298. The standard InChI is InChI=1S/C20H32N5O2.ClH/c1-24-14-11-16(12-15-24)10-13-21-17-2-4-18(5-3-17)22-23-19-6-8-20(9-7-19)25(26)27;/h11-12,14-15,17-21H,2-10,13H2,1H3;1H/q+1;/p-1. The maximum absolute atomic E-state index is 10.8. The van der Waals surface area contributed by atoms with Crippen LogP contribution in [0.25, 0.3) is 0 Å². The van der Waals surface area contributed by atoms with E-state index in [2.05, 4.69) is 44.6 Å². The highest BCUT2D eigenvalue weighted by Gasteiger charge is 2.28. The largest absolute Gasteiger partial charge is 1.00 e. The SMILES string of the molecule is C[n+]1ccc(CCNC2CCC(N=NC3CCC([N+](=O)[O-])CC3)CC2)cc1.[Cl-]. The summed E-state index contributed by atoms with van der Waals surface area (Å²) in [6.07, 6.45) is 12.6. The van der Waals surface area contributed by atoms with E-state index >= 15 is 0 Å². The molecule has 0 atom stereocenters. The summed E-state index contributed by atoms with van der Waals surface area (Å²) in [5.41, 5.74) is 1.37.